The van der Waals surface area contributed by atoms with Gasteiger partial charge < -0.3 is 19.3 Å². The molecule has 9 nitrogen and oxygen atoms in total. The number of unbranched alkanes of at least 4 members (excludes halogenated alkanes) is 2. The maximum atomic E-state index is 13.5. The standard InChI is InChI=1S/C30H33N5O4/c1-3-4-7-18-39-23-11-8-10-22(19-23)27-25(28(36)26-21(2)32-24-12-5-6-15-34(24)26)29(37)30(38)35(27)16-9-14-33-17-13-31-20-33/h5-6,8,10-13,15,17,19-20,27,36H,3-4,7,9,14,16,18H2,1-2H3/b28-25+. The Morgan fingerprint density at radius 3 is 2.72 bits per heavy atom. The van der Waals surface area contributed by atoms with E-state index in [1.807, 2.05) is 53.2 Å². The van der Waals surface area contributed by atoms with Gasteiger partial charge in [-0.15, -0.1) is 0 Å². The summed E-state index contributed by atoms with van der Waals surface area (Å²) in [7, 11) is 0. The Balaban J connectivity index is 1.55. The van der Waals surface area contributed by atoms with Crippen molar-refractivity contribution in [2.75, 3.05) is 13.2 Å². The van der Waals surface area contributed by atoms with Crippen molar-refractivity contribution in [1.82, 2.24) is 23.8 Å². The highest BCUT2D eigenvalue weighted by atomic mass is 16.5. The molecule has 0 spiro atoms. The molecule has 1 amide bonds. The number of amides is 1. The molecule has 4 heterocycles. The average molecular weight is 528 g/mol. The Bertz CT molecular complexity index is 1500. The van der Waals surface area contributed by atoms with Crippen LogP contribution >= 0.6 is 0 Å². The number of aliphatic hydroxyl groups is 1. The first-order chi connectivity index (χ1) is 19.0. The fourth-order valence-electron chi connectivity index (χ4n) is 5.14. The molecular formula is C30H33N5O4. The molecule has 0 bridgehead atoms. The molecule has 0 radical (unpaired) electrons. The van der Waals surface area contributed by atoms with Crippen LogP contribution in [0.15, 0.2) is 73.0 Å². The number of aliphatic hydroxyl groups excluding tert-OH is 1. The Kier molecular flexibility index (Phi) is 7.76. The maximum absolute atomic E-state index is 13.5. The normalized spacial score (nSPS) is 16.9. The Labute approximate surface area is 227 Å². The third-order valence-electron chi connectivity index (χ3n) is 7.03. The lowest BCUT2D eigenvalue weighted by atomic mass is 9.96. The first-order valence-corrected chi connectivity index (χ1v) is 13.4. The number of aryl methyl sites for hydroxylation is 2. The molecule has 1 aromatic carbocycles. The third kappa shape index (κ3) is 5.30. The van der Waals surface area contributed by atoms with Gasteiger partial charge >= 0.3 is 0 Å². The van der Waals surface area contributed by atoms with Crippen LogP contribution in [0.3, 0.4) is 0 Å². The summed E-state index contributed by atoms with van der Waals surface area (Å²) >= 11 is 0. The van der Waals surface area contributed by atoms with E-state index < -0.39 is 17.7 Å². The van der Waals surface area contributed by atoms with Crippen LogP contribution in [0.2, 0.25) is 0 Å². The topological polar surface area (TPSA) is 102 Å². The van der Waals surface area contributed by atoms with Crippen LogP contribution in [0, 0.1) is 6.92 Å². The number of rotatable bonds is 11. The van der Waals surface area contributed by atoms with E-state index in [1.54, 1.807) is 34.9 Å². The number of Topliss-reactive ketones (excluding diaryl/α,β-unsaturated/α-hetero) is 1. The maximum Gasteiger partial charge on any atom is 0.295 e. The van der Waals surface area contributed by atoms with Gasteiger partial charge in [-0.3, -0.25) is 14.0 Å². The summed E-state index contributed by atoms with van der Waals surface area (Å²) in [5.41, 5.74) is 2.37. The van der Waals surface area contributed by atoms with E-state index in [0.717, 1.165) is 19.3 Å². The first-order valence-electron chi connectivity index (χ1n) is 13.4. The van der Waals surface area contributed by atoms with Crippen molar-refractivity contribution in [3.8, 4) is 5.75 Å². The largest absolute Gasteiger partial charge is 0.505 e. The number of ketones is 1. The number of pyridine rings is 1. The van der Waals surface area contributed by atoms with Gasteiger partial charge in [-0.05, 0) is 49.6 Å². The number of hydrogen-bond acceptors (Lipinski definition) is 6. The summed E-state index contributed by atoms with van der Waals surface area (Å²) in [6.07, 6.45) is 10.8. The van der Waals surface area contributed by atoms with Gasteiger partial charge in [0.25, 0.3) is 11.7 Å². The van der Waals surface area contributed by atoms with Crippen LogP contribution in [-0.2, 0) is 16.1 Å². The van der Waals surface area contributed by atoms with Crippen molar-refractivity contribution in [1.29, 1.82) is 0 Å². The monoisotopic (exact) mass is 527 g/mol. The van der Waals surface area contributed by atoms with E-state index in [0.29, 0.717) is 54.5 Å². The van der Waals surface area contributed by atoms with Crippen LogP contribution in [0.1, 0.15) is 55.6 Å². The number of likely N-dealkylation sites (tertiary alicyclic amines) is 1. The predicted octanol–water partition coefficient (Wildman–Crippen LogP) is 4.92. The van der Waals surface area contributed by atoms with Crippen molar-refractivity contribution in [3.05, 3.63) is 89.9 Å². The summed E-state index contributed by atoms with van der Waals surface area (Å²) in [5.74, 6) is -0.910. The van der Waals surface area contributed by atoms with Crippen LogP contribution in [0.4, 0.5) is 0 Å². The number of fused-ring (bicyclic) bond motifs is 1. The SMILES string of the molecule is CCCCCOc1cccc(C2/C(=C(\O)c3c(C)nc4ccccn34)C(=O)C(=O)N2CCCn2ccnc2)c1. The summed E-state index contributed by atoms with van der Waals surface area (Å²) < 4.78 is 9.65. The van der Waals surface area contributed by atoms with Crippen molar-refractivity contribution < 1.29 is 19.4 Å². The highest BCUT2D eigenvalue weighted by molar-refractivity contribution is 6.46. The van der Waals surface area contributed by atoms with Gasteiger partial charge in [0.1, 0.15) is 17.1 Å². The van der Waals surface area contributed by atoms with Crippen molar-refractivity contribution in [3.63, 3.8) is 0 Å². The lowest BCUT2D eigenvalue weighted by molar-refractivity contribution is -0.139. The number of carbonyl (C=O) groups excluding carboxylic acids is 2. The zero-order chi connectivity index (χ0) is 27.4. The molecule has 0 aliphatic carbocycles. The molecule has 1 atom stereocenters. The summed E-state index contributed by atoms with van der Waals surface area (Å²) in [6.45, 7) is 5.48. The summed E-state index contributed by atoms with van der Waals surface area (Å²) in [5, 5.41) is 11.6. The number of benzene rings is 1. The molecule has 1 N–H and O–H groups in total. The highest BCUT2D eigenvalue weighted by Gasteiger charge is 2.46. The molecule has 1 aliphatic rings. The predicted molar refractivity (Wildman–Crippen MR) is 147 cm³/mol. The van der Waals surface area contributed by atoms with Crippen LogP contribution < -0.4 is 4.74 Å². The Morgan fingerprint density at radius 1 is 1.05 bits per heavy atom. The van der Waals surface area contributed by atoms with Crippen molar-refractivity contribution in [2.24, 2.45) is 0 Å². The second kappa shape index (κ2) is 11.6. The second-order valence-electron chi connectivity index (χ2n) is 9.75. The summed E-state index contributed by atoms with van der Waals surface area (Å²) in [4.78, 5) is 37.1. The fraction of sp³-hybridized carbons (Fsp3) is 0.333. The number of ether oxygens (including phenoxy) is 1. The molecule has 202 valence electrons. The van der Waals surface area contributed by atoms with E-state index >= 15 is 0 Å². The van der Waals surface area contributed by atoms with Crippen LogP contribution in [0.25, 0.3) is 11.4 Å². The molecular weight excluding hydrogens is 494 g/mol. The average Bonchev–Trinajstić information content (AvgIpc) is 3.64. The number of nitrogens with zero attached hydrogens (tertiary/aromatic N) is 5. The molecule has 5 rings (SSSR count). The Morgan fingerprint density at radius 2 is 1.92 bits per heavy atom. The van der Waals surface area contributed by atoms with Crippen molar-refractivity contribution >= 4 is 23.1 Å². The third-order valence-corrected chi connectivity index (χ3v) is 7.03. The highest BCUT2D eigenvalue weighted by Crippen LogP contribution is 2.41. The zero-order valence-electron chi connectivity index (χ0n) is 22.3. The molecule has 3 aromatic heterocycles. The van der Waals surface area contributed by atoms with E-state index in [1.165, 1.54) is 0 Å². The van der Waals surface area contributed by atoms with Gasteiger partial charge in [-0.25, -0.2) is 9.97 Å². The second-order valence-corrected chi connectivity index (χ2v) is 9.75. The first kappa shape index (κ1) is 26.2. The van der Waals surface area contributed by atoms with Crippen molar-refractivity contribution in [2.45, 2.75) is 52.1 Å². The molecule has 9 heteroatoms. The molecule has 0 saturated carbocycles. The van der Waals surface area contributed by atoms with Gasteiger partial charge in [0, 0.05) is 31.7 Å². The van der Waals surface area contributed by atoms with E-state index in [-0.39, 0.29) is 11.3 Å². The minimum absolute atomic E-state index is 0.0551. The molecule has 39 heavy (non-hydrogen) atoms. The molecule has 1 saturated heterocycles. The zero-order valence-corrected chi connectivity index (χ0v) is 22.3. The van der Waals surface area contributed by atoms with Crippen LogP contribution in [0.5, 0.6) is 5.75 Å². The number of imidazole rings is 2. The number of carbonyl (C=O) groups is 2. The smallest absolute Gasteiger partial charge is 0.295 e. The van der Waals surface area contributed by atoms with Crippen LogP contribution in [-0.4, -0.2) is 53.8 Å². The van der Waals surface area contributed by atoms with Gasteiger partial charge in [0.05, 0.1) is 30.2 Å². The summed E-state index contributed by atoms with van der Waals surface area (Å²) in [6, 6.07) is 12.2. The van der Waals surface area contributed by atoms with Gasteiger partial charge in [-0.2, -0.15) is 0 Å². The van der Waals surface area contributed by atoms with E-state index in [2.05, 4.69) is 16.9 Å². The lowest BCUT2D eigenvalue weighted by Crippen LogP contribution is -2.31. The number of hydrogen-bond donors (Lipinski definition) is 1. The fourth-order valence-corrected chi connectivity index (χ4v) is 5.14. The Hall–Kier alpha value is -4.40. The lowest BCUT2D eigenvalue weighted by Gasteiger charge is -2.26. The van der Waals surface area contributed by atoms with E-state index in [9.17, 15) is 14.7 Å². The van der Waals surface area contributed by atoms with Gasteiger partial charge in [-0.1, -0.05) is 38.0 Å². The molecule has 1 fully saturated rings. The minimum atomic E-state index is -0.763. The molecule has 4 aromatic rings. The molecule has 1 aliphatic heterocycles. The number of aromatic nitrogens is 4. The molecule has 1 unspecified atom stereocenters. The van der Waals surface area contributed by atoms with Gasteiger partial charge in [0.2, 0.25) is 0 Å². The minimum Gasteiger partial charge on any atom is -0.505 e. The quantitative estimate of drug-likeness (QED) is 0.129. The van der Waals surface area contributed by atoms with Gasteiger partial charge in [0.15, 0.2) is 5.76 Å². The van der Waals surface area contributed by atoms with E-state index in [4.69, 9.17) is 4.74 Å².